The first-order valence-corrected chi connectivity index (χ1v) is 12.1. The van der Waals surface area contributed by atoms with E-state index in [4.69, 9.17) is 0 Å². The molecule has 1 amide bonds. The first-order valence-electron chi connectivity index (χ1n) is 11.1. The van der Waals surface area contributed by atoms with Crippen LogP contribution in [0.3, 0.4) is 0 Å². The molecule has 0 N–H and O–H groups in total. The highest BCUT2D eigenvalue weighted by atomic mass is 32.2. The van der Waals surface area contributed by atoms with Gasteiger partial charge >= 0.3 is 6.18 Å². The molecule has 10 heteroatoms. The van der Waals surface area contributed by atoms with E-state index in [0.717, 1.165) is 37.3 Å². The molecule has 1 aliphatic heterocycles. The highest BCUT2D eigenvalue weighted by Crippen LogP contribution is 2.32. The Kier molecular flexibility index (Phi) is 7.27. The van der Waals surface area contributed by atoms with Crippen LogP contribution in [0.2, 0.25) is 0 Å². The van der Waals surface area contributed by atoms with Crippen molar-refractivity contribution in [3.8, 4) is 5.69 Å². The average molecular weight is 490 g/mol. The topological polar surface area (TPSA) is 54.3 Å². The van der Waals surface area contributed by atoms with Gasteiger partial charge in [0.05, 0.1) is 5.56 Å². The molecule has 1 aliphatic rings. The van der Waals surface area contributed by atoms with E-state index >= 15 is 0 Å². The van der Waals surface area contributed by atoms with Gasteiger partial charge < -0.3 is 9.80 Å². The number of alkyl halides is 3. The van der Waals surface area contributed by atoms with Crippen LogP contribution < -0.4 is 0 Å². The van der Waals surface area contributed by atoms with Gasteiger partial charge in [-0.1, -0.05) is 43.0 Å². The summed E-state index contributed by atoms with van der Waals surface area (Å²) in [6, 6.07) is 12.6. The smallest absolute Gasteiger partial charge is 0.336 e. The minimum absolute atomic E-state index is 0.00230. The highest BCUT2D eigenvalue weighted by Gasteiger charge is 2.31. The van der Waals surface area contributed by atoms with Crippen LogP contribution in [0, 0.1) is 6.92 Å². The highest BCUT2D eigenvalue weighted by molar-refractivity contribution is 7.98. The maximum Gasteiger partial charge on any atom is 0.416 e. The molecule has 0 aliphatic carbocycles. The Hall–Kier alpha value is -2.85. The Bertz CT molecular complexity index is 1160. The van der Waals surface area contributed by atoms with Crippen molar-refractivity contribution in [2.75, 3.05) is 32.7 Å². The average Bonchev–Trinajstić information content (AvgIpc) is 3.22. The summed E-state index contributed by atoms with van der Waals surface area (Å²) >= 11 is 1.34. The number of nitrogens with zero attached hydrogens (tertiary/aromatic N) is 5. The molecular formula is C24H26F3N5OS. The van der Waals surface area contributed by atoms with Crippen molar-refractivity contribution in [1.29, 1.82) is 0 Å². The van der Waals surface area contributed by atoms with E-state index in [-0.39, 0.29) is 5.91 Å². The minimum atomic E-state index is -4.44. The maximum atomic E-state index is 13.2. The van der Waals surface area contributed by atoms with E-state index in [1.54, 1.807) is 17.6 Å². The molecule has 180 valence electrons. The van der Waals surface area contributed by atoms with Crippen molar-refractivity contribution in [2.45, 2.75) is 30.9 Å². The molecule has 0 radical (unpaired) electrons. The van der Waals surface area contributed by atoms with Crippen LogP contribution in [0.1, 0.15) is 34.2 Å². The summed E-state index contributed by atoms with van der Waals surface area (Å²) in [4.78, 5) is 17.4. The quantitative estimate of drug-likeness (QED) is 0.472. The van der Waals surface area contributed by atoms with Crippen molar-refractivity contribution in [3.05, 3.63) is 71.0 Å². The molecule has 0 saturated carbocycles. The third-order valence-corrected chi connectivity index (χ3v) is 6.92. The summed E-state index contributed by atoms with van der Waals surface area (Å²) in [5.74, 6) is 0.927. The third-order valence-electron chi connectivity index (χ3n) is 5.94. The molecule has 0 atom stereocenters. The number of thioether (sulfide) groups is 1. The van der Waals surface area contributed by atoms with Crippen molar-refractivity contribution in [1.82, 2.24) is 24.6 Å². The second kappa shape index (κ2) is 10.2. The number of piperazine rings is 1. The maximum absolute atomic E-state index is 13.2. The Balaban J connectivity index is 1.54. The van der Waals surface area contributed by atoms with Crippen LogP contribution in [0.5, 0.6) is 0 Å². The second-order valence-corrected chi connectivity index (χ2v) is 9.03. The lowest BCUT2D eigenvalue weighted by Gasteiger charge is -2.34. The first-order chi connectivity index (χ1) is 16.3. The Morgan fingerprint density at radius 2 is 1.76 bits per heavy atom. The molecule has 2 heterocycles. The number of carbonyl (C=O) groups is 1. The van der Waals surface area contributed by atoms with Gasteiger partial charge in [-0.3, -0.25) is 9.36 Å². The summed E-state index contributed by atoms with van der Waals surface area (Å²) in [5.41, 5.74) is 1.11. The lowest BCUT2D eigenvalue weighted by Crippen LogP contribution is -2.48. The van der Waals surface area contributed by atoms with Crippen LogP contribution in [-0.2, 0) is 11.9 Å². The number of halogens is 3. The number of carbonyl (C=O) groups excluding carboxylic acids is 1. The molecule has 1 fully saturated rings. The number of aryl methyl sites for hydroxylation is 1. The fourth-order valence-electron chi connectivity index (χ4n) is 3.99. The zero-order valence-electron chi connectivity index (χ0n) is 19.0. The van der Waals surface area contributed by atoms with Gasteiger partial charge in [0.2, 0.25) is 0 Å². The van der Waals surface area contributed by atoms with E-state index in [1.807, 2.05) is 29.2 Å². The number of amides is 1. The molecule has 1 aromatic heterocycles. The molecule has 0 bridgehead atoms. The number of likely N-dealkylation sites (N-methyl/N-ethyl adjacent to an activating group) is 1. The van der Waals surface area contributed by atoms with Gasteiger partial charge in [-0.2, -0.15) is 13.2 Å². The summed E-state index contributed by atoms with van der Waals surface area (Å²) in [6.07, 6.45) is -4.44. The van der Waals surface area contributed by atoms with E-state index in [9.17, 15) is 18.0 Å². The van der Waals surface area contributed by atoms with Crippen LogP contribution >= 0.6 is 11.8 Å². The molecule has 2 aromatic carbocycles. The van der Waals surface area contributed by atoms with Gasteiger partial charge in [-0.25, -0.2) is 0 Å². The van der Waals surface area contributed by atoms with Gasteiger partial charge in [0.25, 0.3) is 5.91 Å². The molecule has 4 rings (SSSR count). The van der Waals surface area contributed by atoms with Crippen LogP contribution in [0.15, 0.2) is 53.7 Å². The zero-order valence-corrected chi connectivity index (χ0v) is 19.9. The zero-order chi connectivity index (χ0) is 24.3. The standard InChI is InChI=1S/C24H26F3N5OS/c1-3-30-11-13-31(14-12-30)22(33)21-10-5-4-7-18(21)16-34-23-29-28-17(2)32(23)20-9-6-8-19(15-20)24(25,26)27/h4-10,15H,3,11-14,16H2,1-2H3. The predicted molar refractivity (Wildman–Crippen MR) is 125 cm³/mol. The number of aromatic nitrogens is 3. The third kappa shape index (κ3) is 5.28. The van der Waals surface area contributed by atoms with E-state index in [2.05, 4.69) is 22.0 Å². The van der Waals surface area contributed by atoms with Crippen molar-refractivity contribution in [3.63, 3.8) is 0 Å². The fraction of sp³-hybridized carbons (Fsp3) is 0.375. The van der Waals surface area contributed by atoms with E-state index < -0.39 is 11.7 Å². The number of rotatable bonds is 6. The van der Waals surface area contributed by atoms with Crippen molar-refractivity contribution >= 4 is 17.7 Å². The van der Waals surface area contributed by atoms with Crippen molar-refractivity contribution in [2.24, 2.45) is 0 Å². The lowest BCUT2D eigenvalue weighted by molar-refractivity contribution is -0.137. The summed E-state index contributed by atoms with van der Waals surface area (Å²) < 4.78 is 41.2. The molecule has 0 unspecified atom stereocenters. The van der Waals surface area contributed by atoms with Gasteiger partial charge in [0, 0.05) is 43.2 Å². The Morgan fingerprint density at radius 3 is 2.47 bits per heavy atom. The van der Waals surface area contributed by atoms with Gasteiger partial charge in [0.1, 0.15) is 5.82 Å². The molecule has 34 heavy (non-hydrogen) atoms. The molecule has 1 saturated heterocycles. The largest absolute Gasteiger partial charge is 0.416 e. The molecular weight excluding hydrogens is 463 g/mol. The predicted octanol–water partition coefficient (Wildman–Crippen LogP) is 4.66. The minimum Gasteiger partial charge on any atom is -0.336 e. The number of benzene rings is 2. The monoisotopic (exact) mass is 489 g/mol. The Morgan fingerprint density at radius 1 is 1.03 bits per heavy atom. The SMILES string of the molecule is CCN1CCN(C(=O)c2ccccc2CSc2nnc(C)n2-c2cccc(C(F)(F)F)c2)CC1. The summed E-state index contributed by atoms with van der Waals surface area (Å²) in [6.45, 7) is 7.89. The van der Waals surface area contributed by atoms with Crippen LogP contribution in [0.4, 0.5) is 13.2 Å². The van der Waals surface area contributed by atoms with Gasteiger partial charge in [0.15, 0.2) is 5.16 Å². The molecule has 0 spiro atoms. The second-order valence-electron chi connectivity index (χ2n) is 8.09. The number of hydrogen-bond acceptors (Lipinski definition) is 5. The normalized spacial score (nSPS) is 15.0. The fourth-order valence-corrected chi connectivity index (χ4v) is 4.99. The van der Waals surface area contributed by atoms with Gasteiger partial charge in [-0.15, -0.1) is 10.2 Å². The first kappa shape index (κ1) is 24.3. The van der Waals surface area contributed by atoms with Gasteiger partial charge in [-0.05, 0) is 43.3 Å². The van der Waals surface area contributed by atoms with Crippen molar-refractivity contribution < 1.29 is 18.0 Å². The summed E-state index contributed by atoms with van der Waals surface area (Å²) in [7, 11) is 0. The molecule has 6 nitrogen and oxygen atoms in total. The van der Waals surface area contributed by atoms with Crippen LogP contribution in [-0.4, -0.2) is 63.2 Å². The van der Waals surface area contributed by atoms with E-state index in [1.165, 1.54) is 17.8 Å². The van der Waals surface area contributed by atoms with Crippen LogP contribution in [0.25, 0.3) is 5.69 Å². The Labute approximate surface area is 200 Å². The lowest BCUT2D eigenvalue weighted by atomic mass is 10.1. The molecule has 3 aromatic rings. The van der Waals surface area contributed by atoms with E-state index in [0.29, 0.717) is 41.1 Å². The number of hydrogen-bond donors (Lipinski definition) is 0. The summed E-state index contributed by atoms with van der Waals surface area (Å²) in [5, 5.41) is 8.72.